The number of aromatic nitrogens is 1. The van der Waals surface area contributed by atoms with Crippen LogP contribution in [0.1, 0.15) is 94.0 Å². The zero-order chi connectivity index (χ0) is 19.2. The van der Waals surface area contributed by atoms with E-state index < -0.39 is 0 Å². The molecule has 0 amide bonds. The molecule has 2 rings (SSSR count). The van der Waals surface area contributed by atoms with Crippen LogP contribution in [0.2, 0.25) is 0 Å². The molecule has 1 aromatic heterocycles. The van der Waals surface area contributed by atoms with Gasteiger partial charge in [-0.2, -0.15) is 0 Å². The molecule has 0 atom stereocenters. The Morgan fingerprint density at radius 1 is 0.630 bits per heavy atom. The molecule has 0 aliphatic rings. The van der Waals surface area contributed by atoms with Crippen LogP contribution in [0.3, 0.4) is 0 Å². The van der Waals surface area contributed by atoms with Gasteiger partial charge < -0.3 is 0 Å². The van der Waals surface area contributed by atoms with E-state index in [1.165, 1.54) is 75.3 Å². The van der Waals surface area contributed by atoms with Crippen LogP contribution in [-0.2, 0) is 12.8 Å². The molecule has 0 fully saturated rings. The summed E-state index contributed by atoms with van der Waals surface area (Å²) in [6, 6.07) is 12.9. The minimum Gasteiger partial charge on any atom is -0.248 e. The Labute approximate surface area is 166 Å². The second-order valence-electron chi connectivity index (χ2n) is 7.47. The fourth-order valence-corrected chi connectivity index (χ4v) is 3.23. The largest absolute Gasteiger partial charge is 0.248 e. The third kappa shape index (κ3) is 8.91. The van der Waals surface area contributed by atoms with E-state index >= 15 is 0 Å². The molecule has 1 heteroatoms. The quantitative estimate of drug-likeness (QED) is 0.307. The van der Waals surface area contributed by atoms with Gasteiger partial charge in [0.25, 0.3) is 0 Å². The van der Waals surface area contributed by atoms with Gasteiger partial charge in [-0.25, -0.2) is 4.98 Å². The Bertz CT molecular complexity index is 686. The van der Waals surface area contributed by atoms with Crippen LogP contribution in [0.4, 0.5) is 0 Å². The molecule has 0 aliphatic heterocycles. The molecule has 1 heterocycles. The SMILES string of the molecule is CCCCCCCCc1ccc(C#Cc2ccc(CCCCC)cn2)cc1. The number of aryl methyl sites for hydroxylation is 2. The van der Waals surface area contributed by atoms with Crippen molar-refractivity contribution in [1.82, 2.24) is 4.98 Å². The van der Waals surface area contributed by atoms with Crippen LogP contribution in [-0.4, -0.2) is 4.98 Å². The molecule has 2 aromatic rings. The lowest BCUT2D eigenvalue weighted by atomic mass is 10.0. The maximum atomic E-state index is 4.49. The molecule has 27 heavy (non-hydrogen) atoms. The van der Waals surface area contributed by atoms with E-state index in [0.717, 1.165) is 17.7 Å². The van der Waals surface area contributed by atoms with Crippen molar-refractivity contribution in [2.45, 2.75) is 84.5 Å². The van der Waals surface area contributed by atoms with Crippen LogP contribution >= 0.6 is 0 Å². The first-order valence-corrected chi connectivity index (χ1v) is 10.9. The van der Waals surface area contributed by atoms with Gasteiger partial charge >= 0.3 is 0 Å². The molecular weight excluding hydrogens is 326 g/mol. The van der Waals surface area contributed by atoms with Crippen molar-refractivity contribution >= 4 is 0 Å². The number of pyridine rings is 1. The van der Waals surface area contributed by atoms with E-state index in [4.69, 9.17) is 0 Å². The van der Waals surface area contributed by atoms with Gasteiger partial charge in [0.2, 0.25) is 0 Å². The highest BCUT2D eigenvalue weighted by Gasteiger charge is 1.96. The minimum atomic E-state index is 0.852. The Morgan fingerprint density at radius 3 is 1.93 bits per heavy atom. The summed E-state index contributed by atoms with van der Waals surface area (Å²) in [4.78, 5) is 4.49. The molecule has 0 unspecified atom stereocenters. The normalized spacial score (nSPS) is 10.4. The van der Waals surface area contributed by atoms with Crippen molar-refractivity contribution in [1.29, 1.82) is 0 Å². The fourth-order valence-electron chi connectivity index (χ4n) is 3.23. The molecule has 0 radical (unpaired) electrons. The second kappa shape index (κ2) is 13.2. The van der Waals surface area contributed by atoms with Gasteiger partial charge in [0, 0.05) is 11.8 Å². The molecule has 0 spiro atoms. The summed E-state index contributed by atoms with van der Waals surface area (Å²) in [6.07, 6.45) is 16.2. The summed E-state index contributed by atoms with van der Waals surface area (Å²) in [5.74, 6) is 6.42. The molecule has 0 aliphatic carbocycles. The lowest BCUT2D eigenvalue weighted by Crippen LogP contribution is -1.89. The van der Waals surface area contributed by atoms with Crippen LogP contribution in [0.15, 0.2) is 42.6 Å². The zero-order valence-electron chi connectivity index (χ0n) is 17.3. The minimum absolute atomic E-state index is 0.852. The average Bonchev–Trinajstić information content (AvgIpc) is 2.71. The maximum absolute atomic E-state index is 4.49. The molecule has 1 nitrogen and oxygen atoms in total. The van der Waals surface area contributed by atoms with Gasteiger partial charge in [0.1, 0.15) is 5.69 Å². The van der Waals surface area contributed by atoms with E-state index in [1.807, 2.05) is 12.3 Å². The lowest BCUT2D eigenvalue weighted by Gasteiger charge is -2.02. The molecule has 0 bridgehead atoms. The van der Waals surface area contributed by atoms with Crippen molar-refractivity contribution in [2.24, 2.45) is 0 Å². The monoisotopic (exact) mass is 361 g/mol. The first-order chi connectivity index (χ1) is 13.3. The highest BCUT2D eigenvalue weighted by Crippen LogP contribution is 2.11. The summed E-state index contributed by atoms with van der Waals surface area (Å²) < 4.78 is 0. The van der Waals surface area contributed by atoms with E-state index in [1.54, 1.807) is 0 Å². The average molecular weight is 362 g/mol. The van der Waals surface area contributed by atoms with Crippen LogP contribution in [0.25, 0.3) is 0 Å². The highest BCUT2D eigenvalue weighted by molar-refractivity contribution is 5.41. The number of nitrogens with zero attached hydrogens (tertiary/aromatic N) is 1. The number of rotatable bonds is 11. The van der Waals surface area contributed by atoms with Gasteiger partial charge in [-0.1, -0.05) is 82.9 Å². The van der Waals surface area contributed by atoms with Gasteiger partial charge in [-0.15, -0.1) is 0 Å². The third-order valence-electron chi connectivity index (χ3n) is 5.00. The lowest BCUT2D eigenvalue weighted by molar-refractivity contribution is 0.607. The first-order valence-electron chi connectivity index (χ1n) is 10.9. The standard InChI is InChI=1S/C26H35N/c1-3-5-7-8-9-11-12-23-14-16-24(17-15-23)18-20-26-21-19-25(22-27-26)13-10-6-4-2/h14-17,19,21-22H,3-13H2,1-2H3. The summed E-state index contributed by atoms with van der Waals surface area (Å²) in [5, 5.41) is 0. The van der Waals surface area contributed by atoms with Gasteiger partial charge in [-0.3, -0.25) is 0 Å². The topological polar surface area (TPSA) is 12.9 Å². The smallest absolute Gasteiger partial charge is 0.113 e. The number of unbranched alkanes of at least 4 members (excludes halogenated alkanes) is 7. The van der Waals surface area contributed by atoms with Crippen molar-refractivity contribution in [2.75, 3.05) is 0 Å². The highest BCUT2D eigenvalue weighted by atomic mass is 14.7. The predicted molar refractivity (Wildman–Crippen MR) is 117 cm³/mol. The number of hydrogen-bond acceptors (Lipinski definition) is 1. The molecule has 0 N–H and O–H groups in total. The van der Waals surface area contributed by atoms with E-state index in [0.29, 0.717) is 0 Å². The molecule has 0 saturated heterocycles. The first kappa shape index (κ1) is 21.2. The second-order valence-corrected chi connectivity index (χ2v) is 7.47. The molecular formula is C26H35N. The Kier molecular flexibility index (Phi) is 10.3. The van der Waals surface area contributed by atoms with Gasteiger partial charge in [-0.05, 0) is 60.9 Å². The molecule has 144 valence electrons. The van der Waals surface area contributed by atoms with Crippen molar-refractivity contribution < 1.29 is 0 Å². The van der Waals surface area contributed by atoms with Crippen LogP contribution in [0.5, 0.6) is 0 Å². The third-order valence-corrected chi connectivity index (χ3v) is 5.00. The van der Waals surface area contributed by atoms with Gasteiger partial charge in [0.05, 0.1) is 0 Å². The zero-order valence-corrected chi connectivity index (χ0v) is 17.3. The predicted octanol–water partition coefficient (Wildman–Crippen LogP) is 7.12. The Morgan fingerprint density at radius 2 is 1.22 bits per heavy atom. The summed E-state index contributed by atoms with van der Waals surface area (Å²) in [5.41, 5.74) is 4.65. The van der Waals surface area contributed by atoms with Crippen molar-refractivity contribution in [3.8, 4) is 11.8 Å². The fraction of sp³-hybridized carbons (Fsp3) is 0.500. The van der Waals surface area contributed by atoms with E-state index in [2.05, 4.69) is 61.0 Å². The summed E-state index contributed by atoms with van der Waals surface area (Å²) in [6.45, 7) is 4.50. The summed E-state index contributed by atoms with van der Waals surface area (Å²) >= 11 is 0. The maximum Gasteiger partial charge on any atom is 0.113 e. The van der Waals surface area contributed by atoms with Gasteiger partial charge in [0.15, 0.2) is 0 Å². The van der Waals surface area contributed by atoms with E-state index in [9.17, 15) is 0 Å². The van der Waals surface area contributed by atoms with Crippen molar-refractivity contribution in [3.63, 3.8) is 0 Å². The van der Waals surface area contributed by atoms with E-state index in [-0.39, 0.29) is 0 Å². The Hall–Kier alpha value is -2.07. The summed E-state index contributed by atoms with van der Waals surface area (Å²) in [7, 11) is 0. The van der Waals surface area contributed by atoms with Crippen molar-refractivity contribution in [3.05, 3.63) is 65.0 Å². The Balaban J connectivity index is 1.77. The van der Waals surface area contributed by atoms with Crippen LogP contribution < -0.4 is 0 Å². The van der Waals surface area contributed by atoms with Crippen LogP contribution in [0, 0.1) is 11.8 Å². The molecule has 1 aromatic carbocycles. The molecule has 0 saturated carbocycles. The number of benzene rings is 1. The number of hydrogen-bond donors (Lipinski definition) is 0.